The van der Waals surface area contributed by atoms with Crippen molar-refractivity contribution < 1.29 is 52.0 Å². The van der Waals surface area contributed by atoms with Gasteiger partial charge < -0.3 is 0 Å². The third-order valence-corrected chi connectivity index (χ3v) is 0. The Morgan fingerprint density at radius 1 is 0.750 bits per heavy atom. The maximum absolute atomic E-state index is 0. The van der Waals surface area contributed by atoms with Crippen molar-refractivity contribution in [2.45, 2.75) is 0 Å². The first-order valence-electron chi connectivity index (χ1n) is 0. The van der Waals surface area contributed by atoms with Crippen LogP contribution in [0.2, 0.25) is 0 Å². The van der Waals surface area contributed by atoms with Gasteiger partial charge in [0.05, 0.1) is 0 Å². The first-order chi connectivity index (χ1) is 0. The van der Waals surface area contributed by atoms with Gasteiger partial charge in [-0.15, -0.1) is 0 Å². The summed E-state index contributed by atoms with van der Waals surface area (Å²) in [4.78, 5) is 0. The minimum atomic E-state index is 0. The minimum Gasteiger partial charge on any atom is -0.0125 e. The molecule has 4 heavy (non-hydrogen) atoms. The second-order valence-corrected chi connectivity index (χ2v) is 0. The minimum absolute atomic E-state index is 0. The predicted octanol–water partition coefficient (Wildman–Crippen LogP) is -2.37. The summed E-state index contributed by atoms with van der Waals surface area (Å²) >= 11 is 0. The van der Waals surface area contributed by atoms with Gasteiger partial charge in [-0.05, 0) is 21.9 Å². The summed E-state index contributed by atoms with van der Waals surface area (Å²) < 4.78 is 0. The molecular weight excluding hydrogens is 326 g/mol. The number of rotatable bonds is 0. The van der Waals surface area contributed by atoms with Crippen LogP contribution in [0.1, 0.15) is 0 Å². The molecule has 0 aliphatic rings. The summed E-state index contributed by atoms with van der Waals surface area (Å²) in [6.07, 6.45) is 0. The van der Waals surface area contributed by atoms with Crippen molar-refractivity contribution in [1.82, 2.24) is 0 Å². The molecule has 0 aliphatic carbocycles. The summed E-state index contributed by atoms with van der Waals surface area (Å²) in [5, 5.41) is 0. The topological polar surface area (TPSA) is 0 Å². The Hall–Kier alpha value is 2.19. The second kappa shape index (κ2) is 19.0. The third-order valence-electron chi connectivity index (χ3n) is 0. The van der Waals surface area contributed by atoms with Crippen LogP contribution in [0.4, 0.5) is 0 Å². The third kappa shape index (κ3) is 8.89. The fourth-order valence-electron chi connectivity index (χ4n) is 0. The molecule has 0 aromatic heterocycles. The van der Waals surface area contributed by atoms with E-state index in [0.29, 0.717) is 0 Å². The van der Waals surface area contributed by atoms with Crippen LogP contribution in [0.5, 0.6) is 0 Å². The van der Waals surface area contributed by atoms with Gasteiger partial charge in [-0.2, -0.15) is 0 Å². The molecule has 0 heterocycles. The molecule has 0 amide bonds. The zero-order valence-corrected chi connectivity index (χ0v) is 13.1. The largest absolute Gasteiger partial charge is 0.0125 e. The Morgan fingerprint density at radius 2 is 0.750 bits per heavy atom. The molecule has 0 saturated carbocycles. The zero-order chi connectivity index (χ0) is 0. The van der Waals surface area contributed by atoms with Crippen molar-refractivity contribution >= 4 is 21.9 Å². The van der Waals surface area contributed by atoms with E-state index in [9.17, 15) is 0 Å². The summed E-state index contributed by atoms with van der Waals surface area (Å²) in [6.45, 7) is 0. The normalized spacial score (nSPS) is 0. The molecule has 0 nitrogen and oxygen atoms in total. The summed E-state index contributed by atoms with van der Waals surface area (Å²) in [6, 6.07) is 0. The van der Waals surface area contributed by atoms with Crippen LogP contribution in [-0.2, 0) is 52.0 Å². The molecule has 4 heteroatoms. The van der Waals surface area contributed by atoms with Crippen LogP contribution in [0.15, 0.2) is 0 Å². The van der Waals surface area contributed by atoms with Crippen LogP contribution in [0.3, 0.4) is 0 Å². The maximum atomic E-state index is 0. The second-order valence-electron chi connectivity index (χ2n) is 0. The van der Waals surface area contributed by atoms with Crippen molar-refractivity contribution in [3.63, 3.8) is 0 Å². The fraction of sp³-hybridized carbons (Fsp3) is 0. The van der Waals surface area contributed by atoms with Gasteiger partial charge in [0.2, 0.25) is 0 Å². The molecule has 0 fully saturated rings. The Morgan fingerprint density at radius 3 is 0.750 bits per heavy atom. The Kier molecular flexibility index (Phi) is 165. The van der Waals surface area contributed by atoms with Gasteiger partial charge in [0.15, 0.2) is 0 Å². The molecule has 22 valence electrons. The molecule has 0 N–H and O–H groups in total. The molecule has 0 saturated heterocycles. The van der Waals surface area contributed by atoms with E-state index in [0.717, 1.165) is 0 Å². The van der Waals surface area contributed by atoms with Gasteiger partial charge in [-0.25, -0.2) is 0 Å². The van der Waals surface area contributed by atoms with Gasteiger partial charge in [0.25, 0.3) is 0 Å². The average molecular weight is 332 g/mol. The van der Waals surface area contributed by atoms with Crippen LogP contribution < -0.4 is 0 Å². The smallest absolute Gasteiger partial charge is 0 e. The first-order valence-corrected chi connectivity index (χ1v) is 0. The van der Waals surface area contributed by atoms with Crippen LogP contribution >= 0.6 is 0 Å². The average Bonchev–Trinajstić information content (AvgIpc) is 0. The van der Waals surface area contributed by atoms with E-state index in [1.165, 1.54) is 0 Å². The van der Waals surface area contributed by atoms with Gasteiger partial charge in [-0.1, -0.05) is 0 Å². The number of hydrogen-bond acceptors (Lipinski definition) is 0. The quantitative estimate of drug-likeness (QED) is 0.435. The predicted molar refractivity (Wildman–Crippen MR) is 19.9 cm³/mol. The maximum Gasteiger partial charge on any atom is 0 e. The van der Waals surface area contributed by atoms with Gasteiger partial charge in [0, 0.05) is 52.0 Å². The van der Waals surface area contributed by atoms with E-state index in [-0.39, 0.29) is 74.0 Å². The van der Waals surface area contributed by atoms with E-state index in [1.54, 1.807) is 0 Å². The SMILES string of the molecule is [Hf].[SiH3].[SiH3].[Zr]. The Bertz CT molecular complexity index is 6.00. The van der Waals surface area contributed by atoms with Gasteiger partial charge in [0.1, 0.15) is 0 Å². The van der Waals surface area contributed by atoms with E-state index < -0.39 is 0 Å². The van der Waals surface area contributed by atoms with E-state index in [1.807, 2.05) is 0 Å². The molecule has 0 aromatic carbocycles. The van der Waals surface area contributed by atoms with Crippen molar-refractivity contribution in [2.75, 3.05) is 0 Å². The molecule has 0 unspecified atom stereocenters. The van der Waals surface area contributed by atoms with Crippen molar-refractivity contribution in [1.29, 1.82) is 0 Å². The van der Waals surface area contributed by atoms with Crippen LogP contribution in [-0.4, -0.2) is 21.9 Å². The van der Waals surface area contributed by atoms with Crippen LogP contribution in [0, 0.1) is 0 Å². The zero-order valence-electron chi connectivity index (χ0n) is 3.00. The molecule has 0 rings (SSSR count). The van der Waals surface area contributed by atoms with Crippen molar-refractivity contribution in [3.8, 4) is 0 Å². The summed E-state index contributed by atoms with van der Waals surface area (Å²) in [7, 11) is 0. The van der Waals surface area contributed by atoms with Crippen molar-refractivity contribution in [2.24, 2.45) is 0 Å². The molecule has 0 aromatic rings. The van der Waals surface area contributed by atoms with Crippen LogP contribution in [0.25, 0.3) is 0 Å². The number of hydrogen-bond donors (Lipinski definition) is 0. The van der Waals surface area contributed by atoms with Gasteiger partial charge in [-0.3, -0.25) is 0 Å². The van der Waals surface area contributed by atoms with E-state index >= 15 is 0 Å². The van der Waals surface area contributed by atoms with E-state index in [4.69, 9.17) is 0 Å². The summed E-state index contributed by atoms with van der Waals surface area (Å²) in [5.74, 6) is 0. The van der Waals surface area contributed by atoms with Gasteiger partial charge >= 0.3 is 0 Å². The van der Waals surface area contributed by atoms with Crippen molar-refractivity contribution in [3.05, 3.63) is 0 Å². The Labute approximate surface area is 73.1 Å². The van der Waals surface area contributed by atoms with E-state index in [2.05, 4.69) is 0 Å². The molecule has 0 atom stereocenters. The monoisotopic (exact) mass is 332 g/mol. The molecule has 0 spiro atoms. The summed E-state index contributed by atoms with van der Waals surface area (Å²) in [5.41, 5.74) is 0. The molecular formula is H6HfSi2Zr. The molecule has 2 radical (unpaired) electrons. The first kappa shape index (κ1) is 34.8. The molecule has 0 aliphatic heterocycles. The Balaban J connectivity index is 0. The molecule has 0 bridgehead atoms. The standard InChI is InChI=1S/Hf.2H3Si.Zr/h;2*1H3;. The fourth-order valence-corrected chi connectivity index (χ4v) is 0.